The second kappa shape index (κ2) is 7.84. The van der Waals surface area contributed by atoms with E-state index in [0.717, 1.165) is 48.4 Å². The maximum absolute atomic E-state index is 13.4. The summed E-state index contributed by atoms with van der Waals surface area (Å²) < 4.78 is 6.43. The lowest BCUT2D eigenvalue weighted by atomic mass is 9.67. The Labute approximate surface area is 186 Å². The fourth-order valence-corrected chi connectivity index (χ4v) is 5.32. The molecule has 2 saturated heterocycles. The van der Waals surface area contributed by atoms with E-state index < -0.39 is 11.5 Å². The highest BCUT2D eigenvalue weighted by molar-refractivity contribution is 6.31. The summed E-state index contributed by atoms with van der Waals surface area (Å²) in [4.78, 5) is 26.0. The number of hydrogen-bond acceptors (Lipinski definition) is 4. The van der Waals surface area contributed by atoms with E-state index >= 15 is 0 Å². The molecule has 7 heteroatoms. The normalized spacial score (nSPS) is 25.8. The molecule has 3 aliphatic heterocycles. The van der Waals surface area contributed by atoms with E-state index in [0.29, 0.717) is 23.6 Å². The largest absolute Gasteiger partial charge is 0.490 e. The van der Waals surface area contributed by atoms with E-state index in [9.17, 15) is 9.59 Å². The quantitative estimate of drug-likeness (QED) is 0.682. The SMILES string of the molecule is Cc1ccc(OC2CCNCC2)c([C@H]2NC(=O)CC[C@]23C(=O)Nc2cc(Cl)ccc23)c1. The Hall–Kier alpha value is -2.57. The number of rotatable bonds is 3. The van der Waals surface area contributed by atoms with Gasteiger partial charge in [0.25, 0.3) is 0 Å². The summed E-state index contributed by atoms with van der Waals surface area (Å²) in [5.74, 6) is 0.573. The van der Waals surface area contributed by atoms with Gasteiger partial charge >= 0.3 is 0 Å². The molecular weight excluding hydrogens is 414 g/mol. The molecule has 0 saturated carbocycles. The van der Waals surface area contributed by atoms with Crippen LogP contribution >= 0.6 is 11.6 Å². The van der Waals surface area contributed by atoms with Crippen molar-refractivity contribution in [2.24, 2.45) is 0 Å². The molecule has 5 rings (SSSR count). The van der Waals surface area contributed by atoms with Gasteiger partial charge in [-0.15, -0.1) is 0 Å². The Morgan fingerprint density at radius 3 is 2.71 bits per heavy atom. The number of carbonyl (C=O) groups excluding carboxylic acids is 2. The van der Waals surface area contributed by atoms with Crippen LogP contribution in [-0.2, 0) is 15.0 Å². The monoisotopic (exact) mass is 439 g/mol. The molecule has 1 spiro atoms. The smallest absolute Gasteiger partial charge is 0.237 e. The van der Waals surface area contributed by atoms with E-state index in [1.165, 1.54) is 0 Å². The third kappa shape index (κ3) is 3.48. The molecule has 0 bridgehead atoms. The zero-order chi connectivity index (χ0) is 21.6. The van der Waals surface area contributed by atoms with Crippen molar-refractivity contribution in [3.8, 4) is 5.75 Å². The average Bonchev–Trinajstić information content (AvgIpc) is 3.03. The summed E-state index contributed by atoms with van der Waals surface area (Å²) in [6.07, 6.45) is 2.70. The number of halogens is 1. The molecule has 2 fully saturated rings. The highest BCUT2D eigenvalue weighted by Crippen LogP contribution is 2.52. The van der Waals surface area contributed by atoms with Crippen molar-refractivity contribution < 1.29 is 14.3 Å². The van der Waals surface area contributed by atoms with Gasteiger partial charge in [-0.3, -0.25) is 9.59 Å². The molecular formula is C24H26ClN3O3. The van der Waals surface area contributed by atoms with Gasteiger partial charge in [0.2, 0.25) is 11.8 Å². The third-order valence-electron chi connectivity index (χ3n) is 6.72. The van der Waals surface area contributed by atoms with E-state index in [4.69, 9.17) is 16.3 Å². The van der Waals surface area contributed by atoms with Crippen LogP contribution in [0.15, 0.2) is 36.4 Å². The molecule has 2 amide bonds. The van der Waals surface area contributed by atoms with Crippen molar-refractivity contribution in [1.82, 2.24) is 10.6 Å². The summed E-state index contributed by atoms with van der Waals surface area (Å²) in [7, 11) is 0. The van der Waals surface area contributed by atoms with E-state index in [2.05, 4.69) is 16.0 Å². The molecule has 0 radical (unpaired) electrons. The Bertz CT molecular complexity index is 1050. The van der Waals surface area contributed by atoms with Crippen molar-refractivity contribution in [3.05, 3.63) is 58.1 Å². The zero-order valence-corrected chi connectivity index (χ0v) is 18.2. The number of anilines is 1. The molecule has 0 unspecified atom stereocenters. The van der Waals surface area contributed by atoms with Crippen LogP contribution in [0.5, 0.6) is 5.75 Å². The number of nitrogens with one attached hydrogen (secondary N) is 3. The van der Waals surface area contributed by atoms with Crippen molar-refractivity contribution in [1.29, 1.82) is 0 Å². The summed E-state index contributed by atoms with van der Waals surface area (Å²) >= 11 is 6.18. The first-order chi connectivity index (χ1) is 15.0. The van der Waals surface area contributed by atoms with E-state index in [1.54, 1.807) is 12.1 Å². The highest BCUT2D eigenvalue weighted by atomic mass is 35.5. The minimum Gasteiger partial charge on any atom is -0.490 e. The Kier molecular flexibility index (Phi) is 5.15. The minimum absolute atomic E-state index is 0.0554. The van der Waals surface area contributed by atoms with Gasteiger partial charge in [-0.25, -0.2) is 0 Å². The van der Waals surface area contributed by atoms with Gasteiger partial charge in [-0.1, -0.05) is 35.4 Å². The van der Waals surface area contributed by atoms with Crippen molar-refractivity contribution in [2.45, 2.75) is 50.2 Å². The molecule has 2 aromatic rings. The summed E-state index contributed by atoms with van der Waals surface area (Å²) in [5, 5.41) is 10.1. The Morgan fingerprint density at radius 2 is 1.90 bits per heavy atom. The molecule has 0 aliphatic carbocycles. The maximum atomic E-state index is 13.4. The van der Waals surface area contributed by atoms with Gasteiger partial charge in [0, 0.05) is 22.7 Å². The van der Waals surface area contributed by atoms with Crippen LogP contribution in [0.3, 0.4) is 0 Å². The van der Waals surface area contributed by atoms with Crippen LogP contribution in [0.1, 0.15) is 48.4 Å². The average molecular weight is 440 g/mol. The zero-order valence-electron chi connectivity index (χ0n) is 17.5. The fourth-order valence-electron chi connectivity index (χ4n) is 5.15. The third-order valence-corrected chi connectivity index (χ3v) is 6.95. The summed E-state index contributed by atoms with van der Waals surface area (Å²) in [6, 6.07) is 11.0. The standard InChI is InChI=1S/C24H26ClN3O3/c1-14-2-5-20(31-16-7-10-26-11-8-16)17(12-14)22-24(9-6-21(29)28-22)18-4-3-15(25)13-19(18)27-23(24)30/h2-5,12-13,16,22,26H,6-11H2,1H3,(H,27,30)(H,28,29)/t22-,24-/m1/s1. The predicted octanol–water partition coefficient (Wildman–Crippen LogP) is 3.62. The van der Waals surface area contributed by atoms with Crippen molar-refractivity contribution in [3.63, 3.8) is 0 Å². The van der Waals surface area contributed by atoms with Gasteiger partial charge in [0.1, 0.15) is 17.3 Å². The van der Waals surface area contributed by atoms with Crippen molar-refractivity contribution in [2.75, 3.05) is 18.4 Å². The number of hydrogen-bond donors (Lipinski definition) is 3. The maximum Gasteiger partial charge on any atom is 0.237 e. The van der Waals surface area contributed by atoms with Crippen LogP contribution in [0.25, 0.3) is 0 Å². The lowest BCUT2D eigenvalue weighted by Crippen LogP contribution is -2.52. The molecule has 3 aliphatic rings. The van der Waals surface area contributed by atoms with Crippen LogP contribution in [0.4, 0.5) is 5.69 Å². The second-order valence-electron chi connectivity index (χ2n) is 8.72. The molecule has 0 aromatic heterocycles. The number of piperidine rings is 2. The predicted molar refractivity (Wildman–Crippen MR) is 120 cm³/mol. The Balaban J connectivity index is 1.62. The summed E-state index contributed by atoms with van der Waals surface area (Å²) in [6.45, 7) is 3.86. The highest BCUT2D eigenvalue weighted by Gasteiger charge is 2.56. The molecule has 162 valence electrons. The van der Waals surface area contributed by atoms with Gasteiger partial charge in [-0.05, 0) is 63.0 Å². The van der Waals surface area contributed by atoms with Gasteiger partial charge in [0.15, 0.2) is 0 Å². The first kappa shape index (κ1) is 20.3. The molecule has 3 N–H and O–H groups in total. The number of benzene rings is 2. The lowest BCUT2D eigenvalue weighted by Gasteiger charge is -2.41. The molecule has 2 atom stereocenters. The molecule has 6 nitrogen and oxygen atoms in total. The molecule has 31 heavy (non-hydrogen) atoms. The van der Waals surface area contributed by atoms with Gasteiger partial charge in [0.05, 0.1) is 6.04 Å². The number of ether oxygens (including phenoxy) is 1. The van der Waals surface area contributed by atoms with E-state index in [1.807, 2.05) is 31.2 Å². The fraction of sp³-hybridized carbons (Fsp3) is 0.417. The summed E-state index contributed by atoms with van der Waals surface area (Å²) in [5.41, 5.74) is 2.60. The number of amides is 2. The minimum atomic E-state index is -0.895. The van der Waals surface area contributed by atoms with Crippen molar-refractivity contribution >= 4 is 29.1 Å². The van der Waals surface area contributed by atoms with Gasteiger partial charge in [-0.2, -0.15) is 0 Å². The van der Waals surface area contributed by atoms with Crippen LogP contribution < -0.4 is 20.7 Å². The topological polar surface area (TPSA) is 79.5 Å². The number of fused-ring (bicyclic) bond motifs is 2. The Morgan fingerprint density at radius 1 is 1.10 bits per heavy atom. The lowest BCUT2D eigenvalue weighted by molar-refractivity contribution is -0.130. The first-order valence-corrected chi connectivity index (χ1v) is 11.2. The second-order valence-corrected chi connectivity index (χ2v) is 9.16. The molecule has 3 heterocycles. The van der Waals surface area contributed by atoms with E-state index in [-0.39, 0.29) is 17.9 Å². The molecule has 2 aromatic carbocycles. The first-order valence-electron chi connectivity index (χ1n) is 10.9. The van der Waals surface area contributed by atoms with Crippen LogP contribution in [-0.4, -0.2) is 31.0 Å². The van der Waals surface area contributed by atoms with Crippen LogP contribution in [0.2, 0.25) is 5.02 Å². The van der Waals surface area contributed by atoms with Crippen LogP contribution in [0, 0.1) is 6.92 Å². The number of carbonyl (C=O) groups is 2. The number of aryl methyl sites for hydroxylation is 1. The van der Waals surface area contributed by atoms with Gasteiger partial charge < -0.3 is 20.7 Å².